The largest absolute Gasteiger partial charge is 0.477 e. The summed E-state index contributed by atoms with van der Waals surface area (Å²) in [6.07, 6.45) is 3.73. The molecule has 2 aromatic rings. The molecule has 0 fully saturated rings. The lowest BCUT2D eigenvalue weighted by molar-refractivity contribution is -0.115. The number of carboxylic acid groups (broad SMARTS) is 1. The smallest absolute Gasteiger partial charge is 0.345 e. The van der Waals surface area contributed by atoms with Gasteiger partial charge in [0.2, 0.25) is 5.91 Å². The molecule has 1 aliphatic rings. The van der Waals surface area contributed by atoms with Gasteiger partial charge in [-0.3, -0.25) is 4.79 Å². The fourth-order valence-electron chi connectivity index (χ4n) is 2.62. The number of amides is 1. The monoisotopic (exact) mass is 301 g/mol. The highest BCUT2D eigenvalue weighted by Crippen LogP contribution is 2.24. The Bertz CT molecular complexity index is 705. The number of aryl methyl sites for hydroxylation is 2. The Hall–Kier alpha value is -2.14. The number of thiophene rings is 1. The third kappa shape index (κ3) is 3.13. The van der Waals surface area contributed by atoms with Crippen molar-refractivity contribution in [1.29, 1.82) is 0 Å². The number of carbonyl (C=O) groups is 2. The van der Waals surface area contributed by atoms with Crippen LogP contribution in [0.1, 0.15) is 32.8 Å². The summed E-state index contributed by atoms with van der Waals surface area (Å²) in [7, 11) is 0. The summed E-state index contributed by atoms with van der Waals surface area (Å²) in [4.78, 5) is 23.0. The van der Waals surface area contributed by atoms with Crippen LogP contribution in [0.15, 0.2) is 30.3 Å². The van der Waals surface area contributed by atoms with Crippen molar-refractivity contribution in [2.45, 2.75) is 25.7 Å². The van der Waals surface area contributed by atoms with E-state index in [1.807, 2.05) is 6.07 Å². The van der Waals surface area contributed by atoms with Gasteiger partial charge in [-0.1, -0.05) is 18.2 Å². The van der Waals surface area contributed by atoms with Crippen LogP contribution in [0.2, 0.25) is 0 Å². The molecule has 1 heterocycles. The lowest BCUT2D eigenvalue weighted by atomic mass is 10.0. The van der Waals surface area contributed by atoms with Crippen molar-refractivity contribution < 1.29 is 14.7 Å². The first-order valence-corrected chi connectivity index (χ1v) is 7.67. The van der Waals surface area contributed by atoms with Crippen molar-refractivity contribution >= 4 is 28.2 Å². The second-order valence-corrected chi connectivity index (χ2v) is 6.23. The van der Waals surface area contributed by atoms with Gasteiger partial charge in [0.1, 0.15) is 4.88 Å². The van der Waals surface area contributed by atoms with Crippen LogP contribution in [0.25, 0.3) is 0 Å². The van der Waals surface area contributed by atoms with E-state index in [2.05, 4.69) is 17.4 Å². The Morgan fingerprint density at radius 1 is 1.14 bits per heavy atom. The number of hydrogen-bond donors (Lipinski definition) is 2. The number of nitrogens with one attached hydrogen (secondary N) is 1. The molecule has 2 N–H and O–H groups in total. The first-order valence-electron chi connectivity index (χ1n) is 6.85. The van der Waals surface area contributed by atoms with E-state index < -0.39 is 5.97 Å². The van der Waals surface area contributed by atoms with Gasteiger partial charge in [0.05, 0.1) is 11.4 Å². The molecule has 0 bridgehead atoms. The summed E-state index contributed by atoms with van der Waals surface area (Å²) in [6.45, 7) is 0. The van der Waals surface area contributed by atoms with Crippen LogP contribution in [0.5, 0.6) is 0 Å². The highest BCUT2D eigenvalue weighted by Gasteiger charge is 2.13. The predicted molar refractivity (Wildman–Crippen MR) is 82.1 cm³/mol. The zero-order chi connectivity index (χ0) is 14.8. The normalized spacial score (nSPS) is 13.0. The van der Waals surface area contributed by atoms with E-state index in [0.29, 0.717) is 11.4 Å². The van der Waals surface area contributed by atoms with Crippen LogP contribution >= 0.6 is 11.3 Å². The van der Waals surface area contributed by atoms with E-state index >= 15 is 0 Å². The standard InChI is InChI=1S/C16H15NO3S/c18-14(17-15-7-6-13(21-15)16(19)20)9-10-4-5-11-2-1-3-12(11)8-10/h4-8H,1-3,9H2,(H,17,18)(H,19,20). The molecule has 3 rings (SSSR count). The van der Waals surface area contributed by atoms with Gasteiger partial charge in [-0.05, 0) is 48.1 Å². The van der Waals surface area contributed by atoms with Gasteiger partial charge < -0.3 is 10.4 Å². The quantitative estimate of drug-likeness (QED) is 0.912. The van der Waals surface area contributed by atoms with Crippen LogP contribution in [-0.2, 0) is 24.1 Å². The molecule has 0 radical (unpaired) electrons. The minimum absolute atomic E-state index is 0.119. The third-order valence-corrected chi connectivity index (χ3v) is 4.60. The van der Waals surface area contributed by atoms with Crippen LogP contribution in [0.4, 0.5) is 5.00 Å². The molecule has 0 atom stereocenters. The molecule has 1 aromatic heterocycles. The number of aromatic carboxylic acids is 1. The number of fused-ring (bicyclic) bond motifs is 1. The minimum Gasteiger partial charge on any atom is -0.477 e. The van der Waals surface area contributed by atoms with E-state index in [0.717, 1.165) is 29.7 Å². The molecule has 1 aromatic carbocycles. The topological polar surface area (TPSA) is 66.4 Å². The molecule has 1 amide bonds. The number of anilines is 1. The molecule has 5 heteroatoms. The zero-order valence-electron chi connectivity index (χ0n) is 11.4. The maximum atomic E-state index is 12.0. The average Bonchev–Trinajstić information content (AvgIpc) is 3.06. The Labute approximate surface area is 126 Å². The van der Waals surface area contributed by atoms with Crippen LogP contribution in [-0.4, -0.2) is 17.0 Å². The number of hydrogen-bond acceptors (Lipinski definition) is 3. The Balaban J connectivity index is 1.64. The maximum Gasteiger partial charge on any atom is 0.345 e. The first kappa shape index (κ1) is 13.8. The van der Waals surface area contributed by atoms with E-state index in [1.165, 1.54) is 23.6 Å². The minimum atomic E-state index is -0.973. The maximum absolute atomic E-state index is 12.0. The molecule has 0 saturated carbocycles. The summed E-state index contributed by atoms with van der Waals surface area (Å²) >= 11 is 1.07. The van der Waals surface area contributed by atoms with Crippen LogP contribution in [0, 0.1) is 0 Å². The van der Waals surface area contributed by atoms with Gasteiger partial charge in [0.25, 0.3) is 0 Å². The average molecular weight is 301 g/mol. The number of benzene rings is 1. The molecular weight excluding hydrogens is 286 g/mol. The summed E-state index contributed by atoms with van der Waals surface area (Å²) in [5.74, 6) is -1.09. The number of carbonyl (C=O) groups excluding carboxylic acids is 1. The molecule has 0 unspecified atom stereocenters. The van der Waals surface area contributed by atoms with E-state index in [4.69, 9.17) is 5.11 Å². The first-order chi connectivity index (χ1) is 10.1. The molecule has 108 valence electrons. The lowest BCUT2D eigenvalue weighted by Gasteiger charge is -2.05. The van der Waals surface area contributed by atoms with E-state index in [1.54, 1.807) is 6.07 Å². The van der Waals surface area contributed by atoms with Crippen LogP contribution < -0.4 is 5.32 Å². The summed E-state index contributed by atoms with van der Waals surface area (Å²) in [6, 6.07) is 9.34. The van der Waals surface area contributed by atoms with Crippen molar-refractivity contribution in [1.82, 2.24) is 0 Å². The van der Waals surface area contributed by atoms with Gasteiger partial charge in [-0.25, -0.2) is 4.79 Å². The number of carboxylic acids is 1. The highest BCUT2D eigenvalue weighted by molar-refractivity contribution is 7.18. The van der Waals surface area contributed by atoms with Gasteiger partial charge >= 0.3 is 5.97 Å². The second kappa shape index (κ2) is 5.69. The Kier molecular flexibility index (Phi) is 3.75. The van der Waals surface area contributed by atoms with Gasteiger partial charge in [0, 0.05) is 0 Å². The van der Waals surface area contributed by atoms with Crippen molar-refractivity contribution in [2.24, 2.45) is 0 Å². The van der Waals surface area contributed by atoms with Crippen molar-refractivity contribution in [2.75, 3.05) is 5.32 Å². The SMILES string of the molecule is O=C(Cc1ccc2c(c1)CCC2)Nc1ccc(C(=O)O)s1. The molecule has 0 aliphatic heterocycles. The Morgan fingerprint density at radius 3 is 2.71 bits per heavy atom. The number of rotatable bonds is 4. The molecule has 0 saturated heterocycles. The van der Waals surface area contributed by atoms with E-state index in [-0.39, 0.29) is 10.8 Å². The summed E-state index contributed by atoms with van der Waals surface area (Å²) < 4.78 is 0. The molecule has 0 spiro atoms. The van der Waals surface area contributed by atoms with Gasteiger partial charge in [-0.15, -0.1) is 11.3 Å². The molecule has 1 aliphatic carbocycles. The van der Waals surface area contributed by atoms with Crippen molar-refractivity contribution in [3.63, 3.8) is 0 Å². The molecule has 4 nitrogen and oxygen atoms in total. The molecule has 21 heavy (non-hydrogen) atoms. The fourth-order valence-corrected chi connectivity index (χ4v) is 3.38. The lowest BCUT2D eigenvalue weighted by Crippen LogP contribution is -2.13. The van der Waals surface area contributed by atoms with Gasteiger partial charge in [0.15, 0.2) is 0 Å². The zero-order valence-corrected chi connectivity index (χ0v) is 12.2. The highest BCUT2D eigenvalue weighted by atomic mass is 32.1. The Morgan fingerprint density at radius 2 is 1.95 bits per heavy atom. The van der Waals surface area contributed by atoms with Gasteiger partial charge in [-0.2, -0.15) is 0 Å². The second-order valence-electron chi connectivity index (χ2n) is 5.15. The summed E-state index contributed by atoms with van der Waals surface area (Å²) in [5.41, 5.74) is 3.75. The van der Waals surface area contributed by atoms with Crippen molar-refractivity contribution in [3.05, 3.63) is 51.9 Å². The predicted octanol–water partition coefficient (Wildman–Crippen LogP) is 3.12. The third-order valence-electron chi connectivity index (χ3n) is 3.61. The van der Waals surface area contributed by atoms with Crippen LogP contribution in [0.3, 0.4) is 0 Å². The summed E-state index contributed by atoms with van der Waals surface area (Å²) in [5, 5.41) is 12.2. The molecular formula is C16H15NO3S. The fraction of sp³-hybridized carbons (Fsp3) is 0.250. The van der Waals surface area contributed by atoms with E-state index in [9.17, 15) is 9.59 Å². The van der Waals surface area contributed by atoms with Crippen molar-refractivity contribution in [3.8, 4) is 0 Å².